The second kappa shape index (κ2) is 5.42. The summed E-state index contributed by atoms with van der Waals surface area (Å²) in [5.74, 6) is 0. The summed E-state index contributed by atoms with van der Waals surface area (Å²) >= 11 is 6.50. The molecule has 0 aromatic heterocycles. The minimum Gasteiger partial charge on any atom is -0.350 e. The number of nitrogens with zero attached hydrogens (tertiary/aromatic N) is 1. The summed E-state index contributed by atoms with van der Waals surface area (Å²) in [6, 6.07) is 14.9. The van der Waals surface area contributed by atoms with Gasteiger partial charge in [-0.2, -0.15) is 5.10 Å². The Bertz CT molecular complexity index is 817. The maximum Gasteiger partial charge on any atom is 0.332 e. The summed E-state index contributed by atoms with van der Waals surface area (Å²) < 4.78 is 0. The molecule has 104 valence electrons. The van der Waals surface area contributed by atoms with E-state index in [0.29, 0.717) is 5.02 Å². The second-order valence-corrected chi connectivity index (χ2v) is 4.93. The minimum atomic E-state index is -0.700. The van der Waals surface area contributed by atoms with Gasteiger partial charge >= 0.3 is 6.03 Å². The van der Waals surface area contributed by atoms with Crippen LogP contribution in [0.3, 0.4) is 0 Å². The van der Waals surface area contributed by atoms with Crippen molar-refractivity contribution in [2.45, 2.75) is 0 Å². The molecule has 0 heterocycles. The zero-order valence-corrected chi connectivity index (χ0v) is 11.8. The van der Waals surface area contributed by atoms with E-state index in [4.69, 9.17) is 17.3 Å². The molecule has 2 amide bonds. The van der Waals surface area contributed by atoms with Gasteiger partial charge in [-0.05, 0) is 10.8 Å². The molecule has 0 fully saturated rings. The number of primary amides is 1. The van der Waals surface area contributed by atoms with Gasteiger partial charge in [0, 0.05) is 16.3 Å². The summed E-state index contributed by atoms with van der Waals surface area (Å²) in [5, 5.41) is 8.41. The Balaban J connectivity index is 2.34. The number of halogens is 1. The number of nitrogens with two attached hydrogens (primary N) is 1. The number of nitrogens with one attached hydrogen (secondary N) is 1. The lowest BCUT2D eigenvalue weighted by molar-refractivity contribution is 0.249. The number of fused-ring (bicyclic) bond motifs is 2. The average Bonchev–Trinajstić information content (AvgIpc) is 2.50. The molecule has 0 saturated carbocycles. The van der Waals surface area contributed by atoms with E-state index < -0.39 is 6.03 Å². The Kier molecular flexibility index (Phi) is 3.46. The number of amides is 2. The molecule has 0 spiro atoms. The second-order valence-electron chi connectivity index (χ2n) is 4.55. The maximum absolute atomic E-state index is 10.7. The van der Waals surface area contributed by atoms with E-state index in [-0.39, 0.29) is 0 Å². The molecule has 0 aliphatic heterocycles. The van der Waals surface area contributed by atoms with Gasteiger partial charge < -0.3 is 5.73 Å². The summed E-state index contributed by atoms with van der Waals surface area (Å²) in [5.41, 5.74) is 8.12. The van der Waals surface area contributed by atoms with E-state index in [9.17, 15) is 4.79 Å². The Hall–Kier alpha value is -2.59. The number of rotatable bonds is 2. The first-order valence-electron chi connectivity index (χ1n) is 6.36. The number of benzene rings is 3. The number of urea groups is 1. The molecule has 3 rings (SSSR count). The Morgan fingerprint density at radius 3 is 1.95 bits per heavy atom. The Morgan fingerprint density at radius 2 is 1.48 bits per heavy atom. The van der Waals surface area contributed by atoms with Crippen molar-refractivity contribution in [3.8, 4) is 0 Å². The molecule has 3 aromatic carbocycles. The van der Waals surface area contributed by atoms with Crippen molar-refractivity contribution in [3.63, 3.8) is 0 Å². The molecule has 0 aliphatic carbocycles. The fraction of sp³-hybridized carbons (Fsp3) is 0. The first-order valence-corrected chi connectivity index (χ1v) is 6.73. The SMILES string of the molecule is NC(=O)NN=Cc1c2ccccc2c(Cl)c2ccccc12. The van der Waals surface area contributed by atoms with E-state index in [1.807, 2.05) is 48.5 Å². The minimum absolute atomic E-state index is 0.700. The number of hydrazone groups is 1. The van der Waals surface area contributed by atoms with Crippen LogP contribution in [-0.2, 0) is 0 Å². The van der Waals surface area contributed by atoms with Crippen molar-refractivity contribution in [3.05, 3.63) is 59.1 Å². The normalized spacial score (nSPS) is 11.3. The maximum atomic E-state index is 10.7. The quantitative estimate of drug-likeness (QED) is 0.423. The molecular weight excluding hydrogens is 286 g/mol. The van der Waals surface area contributed by atoms with Gasteiger partial charge in [0.25, 0.3) is 0 Å². The lowest BCUT2D eigenvalue weighted by Crippen LogP contribution is -2.24. The van der Waals surface area contributed by atoms with E-state index in [1.165, 1.54) is 0 Å². The van der Waals surface area contributed by atoms with Crippen molar-refractivity contribution in [1.29, 1.82) is 0 Å². The van der Waals surface area contributed by atoms with Gasteiger partial charge in [0.05, 0.1) is 11.2 Å². The largest absolute Gasteiger partial charge is 0.350 e. The van der Waals surface area contributed by atoms with Gasteiger partial charge in [0.15, 0.2) is 0 Å². The third kappa shape index (κ3) is 2.41. The highest BCUT2D eigenvalue weighted by Crippen LogP contribution is 2.35. The molecule has 5 heteroatoms. The molecule has 0 atom stereocenters. The lowest BCUT2D eigenvalue weighted by Gasteiger charge is -2.10. The first-order chi connectivity index (χ1) is 10.2. The highest BCUT2D eigenvalue weighted by molar-refractivity contribution is 6.42. The number of hydrogen-bond donors (Lipinski definition) is 2. The predicted molar refractivity (Wildman–Crippen MR) is 86.8 cm³/mol. The van der Waals surface area contributed by atoms with Crippen LogP contribution in [0.2, 0.25) is 5.02 Å². The molecule has 0 bridgehead atoms. The van der Waals surface area contributed by atoms with Gasteiger partial charge in [0.2, 0.25) is 0 Å². The molecule has 3 N–H and O–H groups in total. The number of carbonyl (C=O) groups is 1. The van der Waals surface area contributed by atoms with Crippen LogP contribution in [0.5, 0.6) is 0 Å². The summed E-state index contributed by atoms with van der Waals surface area (Å²) in [6.45, 7) is 0. The van der Waals surface area contributed by atoms with Crippen molar-refractivity contribution in [2.75, 3.05) is 0 Å². The van der Waals surface area contributed by atoms with Gasteiger partial charge in [-0.3, -0.25) is 0 Å². The van der Waals surface area contributed by atoms with Crippen LogP contribution in [0.25, 0.3) is 21.5 Å². The highest BCUT2D eigenvalue weighted by Gasteiger charge is 2.10. The van der Waals surface area contributed by atoms with Crippen molar-refractivity contribution >= 4 is 45.4 Å². The Labute approximate surface area is 126 Å². The standard InChI is InChI=1S/C16H12ClN3O/c17-15-12-7-3-1-5-10(12)14(9-19-20-16(18)21)11-6-2-4-8-13(11)15/h1-9H,(H3,18,20,21). The smallest absolute Gasteiger partial charge is 0.332 e. The molecular formula is C16H12ClN3O. The van der Waals surface area contributed by atoms with E-state index in [2.05, 4.69) is 10.5 Å². The fourth-order valence-electron chi connectivity index (χ4n) is 2.41. The van der Waals surface area contributed by atoms with Crippen molar-refractivity contribution < 1.29 is 4.79 Å². The molecule has 0 aliphatic rings. The number of hydrogen-bond acceptors (Lipinski definition) is 2. The Morgan fingerprint density at radius 1 is 1.00 bits per heavy atom. The van der Waals surface area contributed by atoms with Crippen LogP contribution in [-0.4, -0.2) is 12.2 Å². The van der Waals surface area contributed by atoms with Gasteiger partial charge in [-0.25, -0.2) is 10.2 Å². The summed E-state index contributed by atoms with van der Waals surface area (Å²) in [4.78, 5) is 10.7. The topological polar surface area (TPSA) is 67.5 Å². The van der Waals surface area contributed by atoms with Crippen molar-refractivity contribution in [1.82, 2.24) is 5.43 Å². The zero-order valence-electron chi connectivity index (χ0n) is 11.0. The van der Waals surface area contributed by atoms with Gasteiger partial charge in [-0.1, -0.05) is 60.1 Å². The van der Waals surface area contributed by atoms with Crippen LogP contribution in [0.15, 0.2) is 53.6 Å². The summed E-state index contributed by atoms with van der Waals surface area (Å²) in [7, 11) is 0. The van der Waals surface area contributed by atoms with Crippen LogP contribution in [0.4, 0.5) is 4.79 Å². The average molecular weight is 298 g/mol. The third-order valence-corrected chi connectivity index (χ3v) is 3.68. The predicted octanol–water partition coefficient (Wildman–Crippen LogP) is 3.65. The monoisotopic (exact) mass is 297 g/mol. The molecule has 0 unspecified atom stereocenters. The fourth-order valence-corrected chi connectivity index (χ4v) is 2.74. The molecule has 0 radical (unpaired) electrons. The van der Waals surface area contributed by atoms with E-state index in [1.54, 1.807) is 6.21 Å². The van der Waals surface area contributed by atoms with Crippen LogP contribution < -0.4 is 11.2 Å². The molecule has 4 nitrogen and oxygen atoms in total. The highest BCUT2D eigenvalue weighted by atomic mass is 35.5. The first kappa shape index (κ1) is 13.4. The molecule has 3 aromatic rings. The number of carbonyl (C=O) groups excluding carboxylic acids is 1. The van der Waals surface area contributed by atoms with Crippen LogP contribution >= 0.6 is 11.6 Å². The zero-order chi connectivity index (χ0) is 14.8. The van der Waals surface area contributed by atoms with Gasteiger partial charge in [0.1, 0.15) is 0 Å². The molecule has 0 saturated heterocycles. The molecule has 21 heavy (non-hydrogen) atoms. The van der Waals surface area contributed by atoms with Crippen molar-refractivity contribution in [2.24, 2.45) is 10.8 Å². The van der Waals surface area contributed by atoms with Gasteiger partial charge in [-0.15, -0.1) is 0 Å². The van der Waals surface area contributed by atoms with Crippen LogP contribution in [0.1, 0.15) is 5.56 Å². The lowest BCUT2D eigenvalue weighted by atomic mass is 9.97. The third-order valence-electron chi connectivity index (χ3n) is 3.28. The van der Waals surface area contributed by atoms with Crippen LogP contribution in [0, 0.1) is 0 Å². The van der Waals surface area contributed by atoms with E-state index in [0.717, 1.165) is 27.1 Å². The van der Waals surface area contributed by atoms with E-state index >= 15 is 0 Å². The summed E-state index contributed by atoms with van der Waals surface area (Å²) in [6.07, 6.45) is 1.59.